The minimum absolute atomic E-state index is 0.0924. The van der Waals surface area contributed by atoms with Crippen LogP contribution >= 0.6 is 11.6 Å². The van der Waals surface area contributed by atoms with Gasteiger partial charge in [0.1, 0.15) is 11.2 Å². The number of nitrogens with one attached hydrogen (secondary N) is 2. The summed E-state index contributed by atoms with van der Waals surface area (Å²) in [7, 11) is 0. The molecule has 2 aliphatic carbocycles. The van der Waals surface area contributed by atoms with E-state index in [4.69, 9.17) is 17.3 Å². The quantitative estimate of drug-likeness (QED) is 0.376. The molecule has 8 nitrogen and oxygen atoms in total. The lowest BCUT2D eigenvalue weighted by molar-refractivity contribution is -0.128. The largest absolute Gasteiger partial charge is 0.369 e. The van der Waals surface area contributed by atoms with Crippen LogP contribution in [0.4, 0.5) is 35.1 Å². The molecule has 36 heavy (non-hydrogen) atoms. The molecule has 1 aromatic carbocycles. The first-order chi connectivity index (χ1) is 16.9. The number of hydrogen-bond donors (Lipinski definition) is 3. The van der Waals surface area contributed by atoms with E-state index in [1.807, 2.05) is 6.92 Å². The molecule has 2 fully saturated rings. The summed E-state index contributed by atoms with van der Waals surface area (Å²) in [6.07, 6.45) is 2.87. The monoisotopic (exact) mass is 525 g/mol. The Balaban J connectivity index is 1.52. The number of nitrogens with zero attached hydrogens (tertiary/aromatic N) is 4. The molecule has 0 radical (unpaired) electrons. The van der Waals surface area contributed by atoms with Crippen LogP contribution in [-0.2, 0) is 4.79 Å². The van der Waals surface area contributed by atoms with E-state index in [1.165, 1.54) is 6.20 Å². The Morgan fingerprint density at radius 3 is 2.39 bits per heavy atom. The SMILES string of the molecule is C[C@]1(C(N)=O)CC[C@H](n2c(Nc3c(F)cc(Cl)cc3F)nc3cnc(NC4CC(F)(F)C4)nc32)CC1. The van der Waals surface area contributed by atoms with Gasteiger partial charge in [0.05, 0.1) is 6.20 Å². The average Bonchev–Trinajstić information content (AvgIpc) is 3.13. The zero-order valence-electron chi connectivity index (χ0n) is 19.3. The van der Waals surface area contributed by atoms with Crippen LogP contribution in [0.1, 0.15) is 51.5 Å². The summed E-state index contributed by atoms with van der Waals surface area (Å²) in [6, 6.07) is 1.28. The van der Waals surface area contributed by atoms with Crippen LogP contribution in [0.2, 0.25) is 5.02 Å². The van der Waals surface area contributed by atoms with Gasteiger partial charge in [0.2, 0.25) is 17.8 Å². The Hall–Kier alpha value is -3.15. The van der Waals surface area contributed by atoms with Gasteiger partial charge in [-0.2, -0.15) is 4.98 Å². The molecule has 0 unspecified atom stereocenters. The van der Waals surface area contributed by atoms with E-state index in [0.717, 1.165) is 12.1 Å². The summed E-state index contributed by atoms with van der Waals surface area (Å²) >= 11 is 5.75. The molecule has 13 heteroatoms. The molecule has 0 atom stereocenters. The Bertz CT molecular complexity index is 1310. The maximum absolute atomic E-state index is 14.6. The summed E-state index contributed by atoms with van der Waals surface area (Å²) < 4.78 is 57.4. The number of rotatable bonds is 6. The van der Waals surface area contributed by atoms with Crippen molar-refractivity contribution in [1.82, 2.24) is 19.5 Å². The van der Waals surface area contributed by atoms with Crippen molar-refractivity contribution >= 4 is 46.3 Å². The van der Waals surface area contributed by atoms with E-state index in [-0.39, 0.29) is 41.7 Å². The first kappa shape index (κ1) is 24.5. The van der Waals surface area contributed by atoms with E-state index in [9.17, 15) is 22.4 Å². The summed E-state index contributed by atoms with van der Waals surface area (Å²) in [5.74, 6) is -4.61. The maximum Gasteiger partial charge on any atom is 0.252 e. The Labute approximate surface area is 208 Å². The first-order valence-electron chi connectivity index (χ1n) is 11.5. The standard InChI is InChI=1S/C23H24ClF4N7O/c1-22(19(29)36)4-2-13(3-5-22)35-18-16(10-30-20(34-18)31-12-8-23(27,28)9-12)32-21(35)33-17-14(25)6-11(24)7-15(17)26/h6-7,10,12-13H,2-5,8-9H2,1H3,(H2,29,36)(H,32,33)(H,30,31,34)/t13-,22-. The number of benzene rings is 1. The highest BCUT2D eigenvalue weighted by Crippen LogP contribution is 2.43. The molecule has 0 aliphatic heterocycles. The third kappa shape index (κ3) is 4.54. The van der Waals surface area contributed by atoms with Crippen molar-refractivity contribution in [2.75, 3.05) is 10.6 Å². The molecular formula is C23H24ClF4N7O. The molecule has 4 N–H and O–H groups in total. The molecule has 3 aromatic rings. The number of nitrogens with two attached hydrogens (primary N) is 1. The number of aromatic nitrogens is 4. The van der Waals surface area contributed by atoms with Crippen LogP contribution in [0.5, 0.6) is 0 Å². The Morgan fingerprint density at radius 2 is 1.81 bits per heavy atom. The van der Waals surface area contributed by atoms with Gasteiger partial charge in [0.15, 0.2) is 17.3 Å². The van der Waals surface area contributed by atoms with Gasteiger partial charge in [-0.25, -0.2) is 27.5 Å². The number of fused-ring (bicyclic) bond motifs is 1. The summed E-state index contributed by atoms with van der Waals surface area (Å²) in [4.78, 5) is 25.1. The number of hydrogen-bond acceptors (Lipinski definition) is 6. The van der Waals surface area contributed by atoms with Crippen LogP contribution in [0.15, 0.2) is 18.3 Å². The van der Waals surface area contributed by atoms with E-state index in [0.29, 0.717) is 36.8 Å². The summed E-state index contributed by atoms with van der Waals surface area (Å²) in [5.41, 5.74) is 5.21. The smallest absolute Gasteiger partial charge is 0.252 e. The van der Waals surface area contributed by atoms with Crippen molar-refractivity contribution in [3.05, 3.63) is 35.0 Å². The molecule has 0 spiro atoms. The van der Waals surface area contributed by atoms with Gasteiger partial charge in [-0.05, 0) is 37.8 Å². The lowest BCUT2D eigenvalue weighted by atomic mass is 9.73. The van der Waals surface area contributed by atoms with Gasteiger partial charge >= 0.3 is 0 Å². The average molecular weight is 526 g/mol. The second-order valence-corrected chi connectivity index (χ2v) is 10.3. The van der Waals surface area contributed by atoms with Gasteiger partial charge in [-0.15, -0.1) is 0 Å². The number of imidazole rings is 1. The van der Waals surface area contributed by atoms with Crippen molar-refractivity contribution in [3.8, 4) is 0 Å². The van der Waals surface area contributed by atoms with Crippen LogP contribution < -0.4 is 16.4 Å². The minimum atomic E-state index is -2.71. The molecular weight excluding hydrogens is 502 g/mol. The van der Waals surface area contributed by atoms with Crippen molar-refractivity contribution in [2.24, 2.45) is 11.1 Å². The minimum Gasteiger partial charge on any atom is -0.369 e. The molecule has 0 bridgehead atoms. The molecule has 0 saturated heterocycles. The predicted molar refractivity (Wildman–Crippen MR) is 126 cm³/mol. The fourth-order valence-electron chi connectivity index (χ4n) is 4.86. The summed E-state index contributed by atoms with van der Waals surface area (Å²) in [5, 5.41) is 5.54. The van der Waals surface area contributed by atoms with E-state index in [2.05, 4.69) is 25.6 Å². The zero-order valence-corrected chi connectivity index (χ0v) is 20.0. The molecule has 2 aromatic heterocycles. The van der Waals surface area contributed by atoms with Crippen LogP contribution in [0.25, 0.3) is 11.2 Å². The number of halogens is 5. The fourth-order valence-corrected chi connectivity index (χ4v) is 5.05. The van der Waals surface area contributed by atoms with Crippen LogP contribution in [-0.4, -0.2) is 37.4 Å². The van der Waals surface area contributed by atoms with Gasteiger partial charge in [-0.1, -0.05) is 18.5 Å². The van der Waals surface area contributed by atoms with Gasteiger partial charge in [0.25, 0.3) is 5.92 Å². The van der Waals surface area contributed by atoms with Crippen molar-refractivity contribution in [3.63, 3.8) is 0 Å². The number of carbonyl (C=O) groups excluding carboxylic acids is 1. The van der Waals surface area contributed by atoms with Gasteiger partial charge in [0, 0.05) is 35.4 Å². The lowest BCUT2D eigenvalue weighted by Crippen LogP contribution is -2.44. The highest BCUT2D eigenvalue weighted by molar-refractivity contribution is 6.30. The third-order valence-corrected chi connectivity index (χ3v) is 7.34. The number of anilines is 3. The fraction of sp³-hybridized carbons (Fsp3) is 0.478. The van der Waals surface area contributed by atoms with Crippen molar-refractivity contribution in [2.45, 2.75) is 63.5 Å². The molecule has 192 valence electrons. The topological polar surface area (TPSA) is 111 Å². The maximum atomic E-state index is 14.6. The third-order valence-electron chi connectivity index (χ3n) is 7.12. The van der Waals surface area contributed by atoms with E-state index < -0.39 is 34.7 Å². The van der Waals surface area contributed by atoms with Crippen molar-refractivity contribution in [1.29, 1.82) is 0 Å². The summed E-state index contributed by atoms with van der Waals surface area (Å²) in [6.45, 7) is 1.81. The van der Waals surface area contributed by atoms with Crippen molar-refractivity contribution < 1.29 is 22.4 Å². The Morgan fingerprint density at radius 1 is 1.17 bits per heavy atom. The molecule has 2 heterocycles. The molecule has 1 amide bonds. The highest BCUT2D eigenvalue weighted by atomic mass is 35.5. The van der Waals surface area contributed by atoms with E-state index in [1.54, 1.807) is 4.57 Å². The number of alkyl halides is 2. The second-order valence-electron chi connectivity index (χ2n) is 9.84. The molecule has 2 saturated carbocycles. The van der Waals surface area contributed by atoms with Gasteiger partial charge in [-0.3, -0.25) is 9.36 Å². The van der Waals surface area contributed by atoms with Gasteiger partial charge < -0.3 is 16.4 Å². The zero-order chi connectivity index (χ0) is 25.8. The lowest BCUT2D eigenvalue weighted by Gasteiger charge is -2.36. The normalized spacial score (nSPS) is 23.9. The molecule has 2 aliphatic rings. The van der Waals surface area contributed by atoms with E-state index >= 15 is 0 Å². The molecule has 5 rings (SSSR count). The highest BCUT2D eigenvalue weighted by Gasteiger charge is 2.45. The van der Waals surface area contributed by atoms with Crippen LogP contribution in [0, 0.1) is 17.0 Å². The number of carbonyl (C=O) groups is 1. The second kappa shape index (κ2) is 8.75. The Kier molecular flexibility index (Phi) is 5.97. The first-order valence-corrected chi connectivity index (χ1v) is 11.9. The van der Waals surface area contributed by atoms with Crippen LogP contribution in [0.3, 0.4) is 0 Å². The number of amides is 1. The predicted octanol–water partition coefficient (Wildman–Crippen LogP) is 5.32. The number of primary amides is 1.